The molecular formula is C18H20N8O3. The maximum atomic E-state index is 11.4. The van der Waals surface area contributed by atoms with Crippen molar-refractivity contribution in [1.82, 2.24) is 30.2 Å². The molecule has 0 aliphatic carbocycles. The number of nitrogens with two attached hydrogens (primary N) is 1. The third-order valence-corrected chi connectivity index (χ3v) is 4.22. The highest BCUT2D eigenvalue weighted by Crippen LogP contribution is 2.33. The zero-order valence-electron chi connectivity index (χ0n) is 16.1. The lowest BCUT2D eigenvalue weighted by Gasteiger charge is -2.05. The van der Waals surface area contributed by atoms with Crippen molar-refractivity contribution in [1.29, 1.82) is 0 Å². The number of amides is 1. The van der Waals surface area contributed by atoms with Crippen molar-refractivity contribution < 1.29 is 13.9 Å². The lowest BCUT2D eigenvalue weighted by atomic mass is 10.1. The number of anilines is 2. The van der Waals surface area contributed by atoms with E-state index in [1.54, 1.807) is 13.0 Å². The smallest absolute Gasteiger partial charge is 0.426 e. The Hall–Kier alpha value is -3.89. The fourth-order valence-corrected chi connectivity index (χ4v) is 2.96. The fourth-order valence-electron chi connectivity index (χ4n) is 2.96. The van der Waals surface area contributed by atoms with Gasteiger partial charge in [-0.2, -0.15) is 10.1 Å². The second-order valence-electron chi connectivity index (χ2n) is 6.52. The van der Waals surface area contributed by atoms with Crippen LogP contribution in [-0.2, 0) is 4.74 Å². The second-order valence-corrected chi connectivity index (χ2v) is 6.52. The highest BCUT2D eigenvalue weighted by molar-refractivity contribution is 5.99. The van der Waals surface area contributed by atoms with E-state index in [-0.39, 0.29) is 18.7 Å². The van der Waals surface area contributed by atoms with Gasteiger partial charge in [0.05, 0.1) is 12.0 Å². The Morgan fingerprint density at radius 3 is 2.93 bits per heavy atom. The molecule has 1 amide bonds. The molecule has 11 nitrogen and oxygen atoms in total. The number of rotatable bonds is 5. The van der Waals surface area contributed by atoms with Crippen molar-refractivity contribution in [3.05, 3.63) is 24.5 Å². The molecule has 0 bridgehead atoms. The van der Waals surface area contributed by atoms with Crippen molar-refractivity contribution >= 4 is 40.1 Å². The van der Waals surface area contributed by atoms with Crippen LogP contribution in [0.1, 0.15) is 26.8 Å². The minimum Gasteiger partial charge on any atom is -0.449 e. The number of hydrazine groups is 1. The summed E-state index contributed by atoms with van der Waals surface area (Å²) in [7, 11) is 0. The molecular weight excluding hydrogens is 376 g/mol. The Kier molecular flexibility index (Phi) is 4.63. The zero-order valence-corrected chi connectivity index (χ0v) is 16.1. The monoisotopic (exact) mass is 396 g/mol. The molecule has 0 saturated heterocycles. The first-order chi connectivity index (χ1) is 14.0. The van der Waals surface area contributed by atoms with Crippen LogP contribution >= 0.6 is 0 Å². The Morgan fingerprint density at radius 2 is 2.17 bits per heavy atom. The van der Waals surface area contributed by atoms with Gasteiger partial charge in [-0.3, -0.25) is 0 Å². The van der Waals surface area contributed by atoms with E-state index in [2.05, 4.69) is 25.8 Å². The molecule has 0 aliphatic rings. The molecule has 29 heavy (non-hydrogen) atoms. The van der Waals surface area contributed by atoms with Gasteiger partial charge in [0, 0.05) is 11.6 Å². The Labute approximate surface area is 165 Å². The number of benzene rings is 1. The maximum absolute atomic E-state index is 11.4. The van der Waals surface area contributed by atoms with Crippen LogP contribution in [0.2, 0.25) is 0 Å². The van der Waals surface area contributed by atoms with Gasteiger partial charge in [-0.1, -0.05) is 0 Å². The van der Waals surface area contributed by atoms with E-state index in [1.807, 2.05) is 30.7 Å². The fraction of sp³-hybridized carbons (Fsp3) is 0.278. The average molecular weight is 396 g/mol. The first-order valence-corrected chi connectivity index (χ1v) is 9.06. The average Bonchev–Trinajstić information content (AvgIpc) is 3.28. The van der Waals surface area contributed by atoms with Crippen LogP contribution in [0, 0.1) is 0 Å². The number of nitrogen functional groups attached to an aromatic ring is 1. The molecule has 1 aromatic carbocycles. The van der Waals surface area contributed by atoms with E-state index >= 15 is 0 Å². The summed E-state index contributed by atoms with van der Waals surface area (Å²) >= 11 is 0. The number of aromatic nitrogens is 5. The largest absolute Gasteiger partial charge is 0.449 e. The van der Waals surface area contributed by atoms with Crippen LogP contribution < -0.4 is 16.6 Å². The molecule has 0 saturated carbocycles. The summed E-state index contributed by atoms with van der Waals surface area (Å²) in [4.78, 5) is 24.2. The third kappa shape index (κ3) is 3.37. The molecule has 0 radical (unpaired) electrons. The molecule has 0 spiro atoms. The standard InChI is InChI=1S/C18H20N8O3/c1-4-28-18(27)24-23-17-22-11-7-10(5-6-12(11)29-17)14-13-15(19)20-8-21-16(13)26(25-14)9(2)3/h5-9H,4H2,1-3H3,(H,22,23)(H,24,27)(H2,19,20,21). The van der Waals surface area contributed by atoms with Crippen LogP contribution in [0.4, 0.5) is 16.6 Å². The number of ether oxygens (including phenoxy) is 1. The van der Waals surface area contributed by atoms with Crippen molar-refractivity contribution in [2.45, 2.75) is 26.8 Å². The van der Waals surface area contributed by atoms with Gasteiger partial charge in [-0.05, 0) is 39.0 Å². The number of carbonyl (C=O) groups is 1. The molecule has 11 heteroatoms. The zero-order chi connectivity index (χ0) is 20.5. The Balaban J connectivity index is 1.73. The summed E-state index contributed by atoms with van der Waals surface area (Å²) < 4.78 is 12.2. The Morgan fingerprint density at radius 1 is 1.34 bits per heavy atom. The van der Waals surface area contributed by atoms with Gasteiger partial charge in [0.25, 0.3) is 0 Å². The van der Waals surface area contributed by atoms with E-state index in [9.17, 15) is 4.79 Å². The molecule has 150 valence electrons. The summed E-state index contributed by atoms with van der Waals surface area (Å²) in [6.07, 6.45) is 0.800. The Bertz CT molecular complexity index is 1200. The number of oxazole rings is 1. The van der Waals surface area contributed by atoms with E-state index in [0.717, 1.165) is 5.56 Å². The summed E-state index contributed by atoms with van der Waals surface area (Å²) in [6, 6.07) is 5.68. The van der Waals surface area contributed by atoms with E-state index in [1.165, 1.54) is 6.33 Å². The number of hydrogen-bond acceptors (Lipinski definition) is 9. The maximum Gasteiger partial charge on any atom is 0.426 e. The quantitative estimate of drug-likeness (QED) is 0.433. The molecule has 4 aromatic rings. The van der Waals surface area contributed by atoms with Gasteiger partial charge in [-0.15, -0.1) is 0 Å². The molecule has 0 aliphatic heterocycles. The minimum absolute atomic E-state index is 0.0982. The first kappa shape index (κ1) is 18.5. The van der Waals surface area contributed by atoms with Crippen LogP contribution in [0.25, 0.3) is 33.4 Å². The van der Waals surface area contributed by atoms with E-state index in [0.29, 0.717) is 33.6 Å². The van der Waals surface area contributed by atoms with Crippen molar-refractivity contribution in [2.75, 3.05) is 17.8 Å². The predicted octanol–water partition coefficient (Wildman–Crippen LogP) is 2.87. The molecule has 3 aromatic heterocycles. The molecule has 4 rings (SSSR count). The second kappa shape index (κ2) is 7.26. The van der Waals surface area contributed by atoms with Gasteiger partial charge in [0.2, 0.25) is 0 Å². The molecule has 0 atom stereocenters. The van der Waals surface area contributed by atoms with Gasteiger partial charge in [0.15, 0.2) is 11.2 Å². The summed E-state index contributed by atoms with van der Waals surface area (Å²) in [5.74, 6) is 0.359. The number of nitrogens with one attached hydrogen (secondary N) is 2. The molecule has 0 unspecified atom stereocenters. The van der Waals surface area contributed by atoms with Gasteiger partial charge >= 0.3 is 12.1 Å². The lowest BCUT2D eigenvalue weighted by molar-refractivity contribution is 0.154. The van der Waals surface area contributed by atoms with Crippen molar-refractivity contribution in [2.24, 2.45) is 0 Å². The SMILES string of the molecule is CCOC(=O)NNc1nc2cc(-c3nn(C(C)C)c4ncnc(N)c34)ccc2o1. The normalized spacial score (nSPS) is 11.3. The van der Waals surface area contributed by atoms with Gasteiger partial charge in [0.1, 0.15) is 23.4 Å². The highest BCUT2D eigenvalue weighted by Gasteiger charge is 2.19. The number of nitrogens with zero attached hydrogens (tertiary/aromatic N) is 5. The molecule has 0 fully saturated rings. The van der Waals surface area contributed by atoms with E-state index in [4.69, 9.17) is 20.0 Å². The first-order valence-electron chi connectivity index (χ1n) is 9.06. The predicted molar refractivity (Wildman–Crippen MR) is 107 cm³/mol. The molecule has 3 heterocycles. The van der Waals surface area contributed by atoms with Crippen LogP contribution in [0.3, 0.4) is 0 Å². The number of carbonyl (C=O) groups excluding carboxylic acids is 1. The van der Waals surface area contributed by atoms with Crippen LogP contribution in [0.15, 0.2) is 28.9 Å². The minimum atomic E-state index is -0.628. The van der Waals surface area contributed by atoms with Crippen molar-refractivity contribution in [3.63, 3.8) is 0 Å². The van der Waals surface area contributed by atoms with Crippen LogP contribution in [-0.4, -0.2) is 37.4 Å². The van der Waals surface area contributed by atoms with E-state index < -0.39 is 6.09 Å². The van der Waals surface area contributed by atoms with Gasteiger partial charge in [-0.25, -0.2) is 30.3 Å². The summed E-state index contributed by atoms with van der Waals surface area (Å²) in [5, 5.41) is 5.39. The topological polar surface area (TPSA) is 146 Å². The third-order valence-electron chi connectivity index (χ3n) is 4.22. The summed E-state index contributed by atoms with van der Waals surface area (Å²) in [5.41, 5.74) is 14.3. The highest BCUT2D eigenvalue weighted by atomic mass is 16.6. The lowest BCUT2D eigenvalue weighted by Crippen LogP contribution is -2.30. The van der Waals surface area contributed by atoms with Crippen LogP contribution in [0.5, 0.6) is 0 Å². The number of fused-ring (bicyclic) bond motifs is 2. The summed E-state index contributed by atoms with van der Waals surface area (Å²) in [6.45, 7) is 6.00. The van der Waals surface area contributed by atoms with Gasteiger partial charge < -0.3 is 14.9 Å². The molecule has 4 N–H and O–H groups in total. The van der Waals surface area contributed by atoms with Crippen molar-refractivity contribution in [3.8, 4) is 11.3 Å². The number of hydrogen-bond donors (Lipinski definition) is 3.